The van der Waals surface area contributed by atoms with Gasteiger partial charge in [-0.15, -0.1) is 0 Å². The zero-order chi connectivity index (χ0) is 13.7. The van der Waals surface area contributed by atoms with Crippen molar-refractivity contribution in [1.82, 2.24) is 10.3 Å². The Hall–Kier alpha value is -2.11. The van der Waals surface area contributed by atoms with E-state index in [4.69, 9.17) is 9.84 Å². The van der Waals surface area contributed by atoms with Crippen LogP contribution >= 0.6 is 0 Å². The third-order valence-electron chi connectivity index (χ3n) is 2.47. The number of carbonyl (C=O) groups is 2. The number of pyridine rings is 1. The van der Waals surface area contributed by atoms with Crippen LogP contribution in [0.4, 0.5) is 0 Å². The standard InChI is InChI=1S/C12H16N2O4/c1-7(2)10(12(16)17)14-11(15)8-4-5-13-6-9(8)18-3/h4-7,10H,1-3H3,(H,14,15)(H,16,17)/t10-/m0/s1. The van der Waals surface area contributed by atoms with E-state index in [-0.39, 0.29) is 11.5 Å². The number of carbonyl (C=O) groups excluding carboxylic acids is 1. The molecule has 0 spiro atoms. The van der Waals surface area contributed by atoms with E-state index in [9.17, 15) is 9.59 Å². The van der Waals surface area contributed by atoms with E-state index >= 15 is 0 Å². The minimum absolute atomic E-state index is 0.209. The van der Waals surface area contributed by atoms with Gasteiger partial charge in [-0.25, -0.2) is 4.79 Å². The number of amides is 1. The molecular weight excluding hydrogens is 236 g/mol. The zero-order valence-corrected chi connectivity index (χ0v) is 10.5. The Morgan fingerprint density at radius 1 is 1.44 bits per heavy atom. The number of ether oxygens (including phenoxy) is 1. The van der Waals surface area contributed by atoms with E-state index in [1.165, 1.54) is 25.6 Å². The van der Waals surface area contributed by atoms with Gasteiger partial charge in [-0.05, 0) is 12.0 Å². The van der Waals surface area contributed by atoms with Gasteiger partial charge >= 0.3 is 5.97 Å². The van der Waals surface area contributed by atoms with Gasteiger partial charge in [-0.1, -0.05) is 13.8 Å². The van der Waals surface area contributed by atoms with Crippen molar-refractivity contribution in [3.8, 4) is 5.75 Å². The Morgan fingerprint density at radius 2 is 2.11 bits per heavy atom. The summed E-state index contributed by atoms with van der Waals surface area (Å²) in [5.41, 5.74) is 0.263. The number of rotatable bonds is 5. The Bertz CT molecular complexity index is 445. The third kappa shape index (κ3) is 3.19. The number of aliphatic carboxylic acids is 1. The fourth-order valence-corrected chi connectivity index (χ4v) is 1.46. The van der Waals surface area contributed by atoms with Crippen LogP contribution < -0.4 is 10.1 Å². The molecule has 0 saturated carbocycles. The topological polar surface area (TPSA) is 88.5 Å². The summed E-state index contributed by atoms with van der Waals surface area (Å²) in [4.78, 5) is 26.8. The summed E-state index contributed by atoms with van der Waals surface area (Å²) < 4.78 is 5.00. The number of nitrogens with one attached hydrogen (secondary N) is 1. The van der Waals surface area contributed by atoms with Crippen molar-refractivity contribution in [3.63, 3.8) is 0 Å². The number of hydrogen-bond donors (Lipinski definition) is 2. The summed E-state index contributed by atoms with van der Waals surface area (Å²) in [6.07, 6.45) is 2.85. The monoisotopic (exact) mass is 252 g/mol. The predicted octanol–water partition coefficient (Wildman–Crippen LogP) is 0.929. The molecule has 1 aromatic heterocycles. The highest BCUT2D eigenvalue weighted by atomic mass is 16.5. The molecule has 0 unspecified atom stereocenters. The smallest absolute Gasteiger partial charge is 0.326 e. The van der Waals surface area contributed by atoms with E-state index in [1.54, 1.807) is 13.8 Å². The van der Waals surface area contributed by atoms with Gasteiger partial charge in [0.2, 0.25) is 0 Å². The van der Waals surface area contributed by atoms with Crippen molar-refractivity contribution in [1.29, 1.82) is 0 Å². The second-order valence-electron chi connectivity index (χ2n) is 4.11. The van der Waals surface area contributed by atoms with E-state index in [0.717, 1.165) is 0 Å². The summed E-state index contributed by atoms with van der Waals surface area (Å²) in [5.74, 6) is -1.45. The SMILES string of the molecule is COc1cnccc1C(=O)N[C@H](C(=O)O)C(C)C. The van der Waals surface area contributed by atoms with Crippen LogP contribution in [-0.4, -0.2) is 35.1 Å². The van der Waals surface area contributed by atoms with Crippen LogP contribution in [0.5, 0.6) is 5.75 Å². The van der Waals surface area contributed by atoms with Gasteiger partial charge in [0.25, 0.3) is 5.91 Å². The molecule has 98 valence electrons. The fraction of sp³-hybridized carbons (Fsp3) is 0.417. The maximum atomic E-state index is 12.0. The van der Waals surface area contributed by atoms with Gasteiger partial charge < -0.3 is 15.2 Å². The molecule has 18 heavy (non-hydrogen) atoms. The number of carboxylic acids is 1. The van der Waals surface area contributed by atoms with Gasteiger partial charge in [0.1, 0.15) is 11.8 Å². The number of nitrogens with zero attached hydrogens (tertiary/aromatic N) is 1. The molecule has 1 aromatic rings. The van der Waals surface area contributed by atoms with Gasteiger partial charge in [-0.3, -0.25) is 9.78 Å². The number of aromatic nitrogens is 1. The first-order chi connectivity index (χ1) is 8.47. The summed E-state index contributed by atoms with van der Waals surface area (Å²) in [5, 5.41) is 11.5. The maximum Gasteiger partial charge on any atom is 0.326 e. The first-order valence-electron chi connectivity index (χ1n) is 5.49. The van der Waals surface area contributed by atoms with Crippen LogP contribution in [0, 0.1) is 5.92 Å². The molecule has 1 amide bonds. The first-order valence-corrected chi connectivity index (χ1v) is 5.49. The van der Waals surface area contributed by atoms with Crippen molar-refractivity contribution >= 4 is 11.9 Å². The normalized spacial score (nSPS) is 12.0. The van der Waals surface area contributed by atoms with Crippen LogP contribution in [0.2, 0.25) is 0 Å². The highest BCUT2D eigenvalue weighted by Gasteiger charge is 2.25. The quantitative estimate of drug-likeness (QED) is 0.813. The largest absolute Gasteiger partial charge is 0.494 e. The van der Waals surface area contributed by atoms with Gasteiger partial charge in [0, 0.05) is 6.20 Å². The fourth-order valence-electron chi connectivity index (χ4n) is 1.46. The highest BCUT2D eigenvalue weighted by molar-refractivity contribution is 5.98. The molecule has 0 radical (unpaired) electrons. The minimum Gasteiger partial charge on any atom is -0.494 e. The van der Waals surface area contributed by atoms with Crippen LogP contribution in [0.25, 0.3) is 0 Å². The summed E-state index contributed by atoms with van der Waals surface area (Å²) in [7, 11) is 1.42. The molecule has 1 rings (SSSR count). The molecule has 1 atom stereocenters. The molecule has 2 N–H and O–H groups in total. The summed E-state index contributed by atoms with van der Waals surface area (Å²) in [6.45, 7) is 3.45. The van der Waals surface area contributed by atoms with Crippen molar-refractivity contribution in [3.05, 3.63) is 24.0 Å². The molecular formula is C12H16N2O4. The average molecular weight is 252 g/mol. The molecule has 0 saturated heterocycles. The highest BCUT2D eigenvalue weighted by Crippen LogP contribution is 2.16. The van der Waals surface area contributed by atoms with E-state index in [2.05, 4.69) is 10.3 Å². The van der Waals surface area contributed by atoms with Crippen molar-refractivity contribution in [2.24, 2.45) is 5.92 Å². The number of methoxy groups -OCH3 is 1. The summed E-state index contributed by atoms with van der Waals surface area (Å²) in [6, 6.07) is 0.545. The Balaban J connectivity index is 2.90. The van der Waals surface area contributed by atoms with Crippen molar-refractivity contribution < 1.29 is 19.4 Å². The molecule has 1 heterocycles. The van der Waals surface area contributed by atoms with E-state index < -0.39 is 17.9 Å². The lowest BCUT2D eigenvalue weighted by molar-refractivity contribution is -0.140. The van der Waals surface area contributed by atoms with Gasteiger partial charge in [0.05, 0.1) is 18.9 Å². The lowest BCUT2D eigenvalue weighted by Gasteiger charge is -2.18. The summed E-state index contributed by atoms with van der Waals surface area (Å²) >= 11 is 0. The molecule has 0 aromatic carbocycles. The van der Waals surface area contributed by atoms with E-state index in [0.29, 0.717) is 5.75 Å². The molecule has 0 bridgehead atoms. The van der Waals surface area contributed by atoms with Crippen molar-refractivity contribution in [2.75, 3.05) is 7.11 Å². The lowest BCUT2D eigenvalue weighted by atomic mass is 10.0. The van der Waals surface area contributed by atoms with Crippen LogP contribution in [0.15, 0.2) is 18.5 Å². The number of carboxylic acid groups (broad SMARTS) is 1. The van der Waals surface area contributed by atoms with Crippen LogP contribution in [-0.2, 0) is 4.79 Å². The van der Waals surface area contributed by atoms with E-state index in [1.807, 2.05) is 0 Å². The van der Waals surface area contributed by atoms with Gasteiger partial charge in [0.15, 0.2) is 0 Å². The molecule has 6 nitrogen and oxygen atoms in total. The van der Waals surface area contributed by atoms with Gasteiger partial charge in [-0.2, -0.15) is 0 Å². The first kappa shape index (κ1) is 14.0. The molecule has 0 aliphatic rings. The minimum atomic E-state index is -1.06. The lowest BCUT2D eigenvalue weighted by Crippen LogP contribution is -2.44. The Labute approximate surface area is 105 Å². The molecule has 0 fully saturated rings. The predicted molar refractivity (Wildman–Crippen MR) is 64.5 cm³/mol. The maximum absolute atomic E-state index is 12.0. The molecule has 0 aliphatic carbocycles. The number of hydrogen-bond acceptors (Lipinski definition) is 4. The molecule has 6 heteroatoms. The second-order valence-corrected chi connectivity index (χ2v) is 4.11. The Kier molecular flexibility index (Phi) is 4.65. The zero-order valence-electron chi connectivity index (χ0n) is 10.5. The Morgan fingerprint density at radius 3 is 2.61 bits per heavy atom. The average Bonchev–Trinajstić information content (AvgIpc) is 2.34. The second kappa shape index (κ2) is 6.00. The molecule has 0 aliphatic heterocycles. The van der Waals surface area contributed by atoms with Crippen molar-refractivity contribution in [2.45, 2.75) is 19.9 Å². The van der Waals surface area contributed by atoms with Crippen LogP contribution in [0.3, 0.4) is 0 Å². The third-order valence-corrected chi connectivity index (χ3v) is 2.47. The van der Waals surface area contributed by atoms with Crippen LogP contribution in [0.1, 0.15) is 24.2 Å².